The van der Waals surface area contributed by atoms with E-state index in [-0.39, 0.29) is 34.3 Å². The van der Waals surface area contributed by atoms with Crippen LogP contribution in [-0.4, -0.2) is 26.9 Å². The molecule has 2 aromatic carbocycles. The van der Waals surface area contributed by atoms with Crippen molar-refractivity contribution < 1.29 is 32.5 Å². The van der Waals surface area contributed by atoms with Crippen molar-refractivity contribution >= 4 is 42.4 Å². The van der Waals surface area contributed by atoms with E-state index in [9.17, 15) is 22.9 Å². The SMILES string of the molecule is Cc1ccc(N2CN(c3ccc(=O)n(COP(=O)(O)O)c3C)C(=O)c3cc(F)c(Cl)cc32)c(C)c1F. The molecule has 2 heterocycles. The highest BCUT2D eigenvalue weighted by atomic mass is 35.5. The van der Waals surface area contributed by atoms with Crippen molar-refractivity contribution in [2.24, 2.45) is 0 Å². The number of phosphoric acid groups is 1. The zero-order chi connectivity index (χ0) is 26.5. The number of halogens is 3. The zero-order valence-corrected chi connectivity index (χ0v) is 21.0. The quantitative estimate of drug-likeness (QED) is 0.458. The van der Waals surface area contributed by atoms with E-state index in [1.807, 2.05) is 0 Å². The minimum atomic E-state index is -4.89. The molecule has 1 aromatic heterocycles. The number of anilines is 3. The van der Waals surface area contributed by atoms with Crippen molar-refractivity contribution in [1.29, 1.82) is 0 Å². The topological polar surface area (TPSA) is 112 Å². The number of aromatic nitrogens is 1. The van der Waals surface area contributed by atoms with Gasteiger partial charge in [-0.3, -0.25) is 23.6 Å². The first kappa shape index (κ1) is 26.0. The fourth-order valence-corrected chi connectivity index (χ4v) is 4.52. The molecule has 0 saturated heterocycles. The average molecular weight is 540 g/mol. The summed E-state index contributed by atoms with van der Waals surface area (Å²) in [4.78, 5) is 46.8. The number of hydrogen-bond acceptors (Lipinski definition) is 5. The van der Waals surface area contributed by atoms with Crippen molar-refractivity contribution in [3.63, 3.8) is 0 Å². The van der Waals surface area contributed by atoms with E-state index in [0.717, 1.165) is 16.7 Å². The lowest BCUT2D eigenvalue weighted by Gasteiger charge is -2.39. The van der Waals surface area contributed by atoms with Gasteiger partial charge in [-0.2, -0.15) is 0 Å². The van der Waals surface area contributed by atoms with Crippen LogP contribution in [0.2, 0.25) is 5.02 Å². The van der Waals surface area contributed by atoms with Gasteiger partial charge >= 0.3 is 7.82 Å². The molecule has 0 saturated carbocycles. The smallest absolute Gasteiger partial charge is 0.322 e. The maximum atomic E-state index is 14.8. The lowest BCUT2D eigenvalue weighted by Crippen LogP contribution is -2.46. The molecule has 1 amide bonds. The Labute approximate surface area is 209 Å². The van der Waals surface area contributed by atoms with E-state index in [1.54, 1.807) is 30.9 Å². The second-order valence-corrected chi connectivity index (χ2v) is 9.89. The number of pyridine rings is 1. The largest absolute Gasteiger partial charge is 0.471 e. The molecule has 36 heavy (non-hydrogen) atoms. The Balaban J connectivity index is 1.89. The third-order valence-electron chi connectivity index (χ3n) is 6.00. The molecule has 4 rings (SSSR count). The predicted octanol–water partition coefficient (Wildman–Crippen LogP) is 4.53. The Morgan fingerprint density at radius 1 is 1.00 bits per heavy atom. The number of carbonyl (C=O) groups excluding carboxylic acids is 1. The van der Waals surface area contributed by atoms with Crippen molar-refractivity contribution in [3.05, 3.63) is 85.8 Å². The number of phosphoric ester groups is 1. The van der Waals surface area contributed by atoms with Crippen LogP contribution < -0.4 is 15.4 Å². The van der Waals surface area contributed by atoms with Crippen LogP contribution >= 0.6 is 19.4 Å². The number of rotatable bonds is 5. The van der Waals surface area contributed by atoms with Crippen LogP contribution in [0.15, 0.2) is 41.2 Å². The lowest BCUT2D eigenvalue weighted by atomic mass is 10.0. The van der Waals surface area contributed by atoms with Crippen molar-refractivity contribution in [1.82, 2.24) is 4.57 Å². The third-order valence-corrected chi connectivity index (χ3v) is 6.74. The van der Waals surface area contributed by atoms with Crippen LogP contribution in [0.3, 0.4) is 0 Å². The Morgan fingerprint density at radius 2 is 1.67 bits per heavy atom. The second kappa shape index (κ2) is 9.42. The summed E-state index contributed by atoms with van der Waals surface area (Å²) in [7, 11) is -4.89. The number of carbonyl (C=O) groups is 1. The van der Waals surface area contributed by atoms with Crippen molar-refractivity contribution in [3.8, 4) is 0 Å². The molecule has 3 aromatic rings. The molecule has 0 atom stereocenters. The molecule has 190 valence electrons. The highest BCUT2D eigenvalue weighted by molar-refractivity contribution is 7.46. The van der Waals surface area contributed by atoms with E-state index >= 15 is 0 Å². The summed E-state index contributed by atoms with van der Waals surface area (Å²) < 4.78 is 45.8. The Kier molecular flexibility index (Phi) is 6.80. The molecule has 1 aliphatic rings. The minimum absolute atomic E-state index is 0.0489. The van der Waals surface area contributed by atoms with E-state index in [2.05, 4.69) is 4.52 Å². The molecular formula is C23H21ClF2N3O6P. The van der Waals surface area contributed by atoms with Gasteiger partial charge in [0.25, 0.3) is 11.5 Å². The monoisotopic (exact) mass is 539 g/mol. The molecule has 0 unspecified atom stereocenters. The van der Waals surface area contributed by atoms with Gasteiger partial charge in [-0.1, -0.05) is 17.7 Å². The Bertz CT molecular complexity index is 1510. The van der Waals surface area contributed by atoms with Gasteiger partial charge in [0.1, 0.15) is 25.0 Å². The molecule has 0 aliphatic carbocycles. The number of nitrogens with zero attached hydrogens (tertiary/aromatic N) is 3. The maximum absolute atomic E-state index is 14.8. The summed E-state index contributed by atoms with van der Waals surface area (Å²) in [6.45, 7) is 3.73. The Morgan fingerprint density at radius 3 is 2.33 bits per heavy atom. The van der Waals surface area contributed by atoms with Crippen LogP contribution in [0.4, 0.5) is 25.8 Å². The van der Waals surface area contributed by atoms with E-state index in [0.29, 0.717) is 16.8 Å². The van der Waals surface area contributed by atoms with Gasteiger partial charge in [-0.25, -0.2) is 13.3 Å². The van der Waals surface area contributed by atoms with Gasteiger partial charge in [-0.05, 0) is 50.6 Å². The van der Waals surface area contributed by atoms with Crippen molar-refractivity contribution in [2.45, 2.75) is 27.5 Å². The molecule has 13 heteroatoms. The molecule has 0 fully saturated rings. The molecule has 0 radical (unpaired) electrons. The fourth-order valence-electron chi connectivity index (χ4n) is 4.10. The summed E-state index contributed by atoms with van der Waals surface area (Å²) >= 11 is 6.01. The van der Waals surface area contributed by atoms with Gasteiger partial charge in [-0.15, -0.1) is 0 Å². The fraction of sp³-hybridized carbons (Fsp3) is 0.217. The number of amides is 1. The van der Waals surface area contributed by atoms with Crippen LogP contribution in [-0.2, 0) is 15.8 Å². The van der Waals surface area contributed by atoms with Crippen LogP contribution in [0.1, 0.15) is 27.2 Å². The summed E-state index contributed by atoms with van der Waals surface area (Å²) in [5, 5.41) is -0.218. The van der Waals surface area contributed by atoms with E-state index < -0.39 is 37.7 Å². The molecule has 2 N–H and O–H groups in total. The maximum Gasteiger partial charge on any atom is 0.471 e. The first-order valence-electron chi connectivity index (χ1n) is 10.5. The van der Waals surface area contributed by atoms with Gasteiger partial charge in [0.05, 0.1) is 22.0 Å². The minimum Gasteiger partial charge on any atom is -0.322 e. The number of aryl methyl sites for hydroxylation is 1. The molecule has 0 bridgehead atoms. The van der Waals surface area contributed by atoms with Gasteiger partial charge in [0.2, 0.25) is 0 Å². The predicted molar refractivity (Wildman–Crippen MR) is 130 cm³/mol. The number of fused-ring (bicyclic) bond motifs is 1. The summed E-state index contributed by atoms with van der Waals surface area (Å²) in [6, 6.07) is 8.00. The van der Waals surface area contributed by atoms with Gasteiger partial charge in [0, 0.05) is 23.0 Å². The second-order valence-electron chi connectivity index (χ2n) is 8.25. The number of hydrogen-bond donors (Lipinski definition) is 2. The van der Waals surface area contributed by atoms with Gasteiger partial charge in [0.15, 0.2) is 0 Å². The van der Waals surface area contributed by atoms with Crippen LogP contribution in [0.5, 0.6) is 0 Å². The highest BCUT2D eigenvalue weighted by Gasteiger charge is 2.34. The number of benzene rings is 2. The normalized spacial score (nSPS) is 13.8. The molecular weight excluding hydrogens is 519 g/mol. The van der Waals surface area contributed by atoms with Gasteiger partial charge < -0.3 is 14.7 Å². The van der Waals surface area contributed by atoms with E-state index in [1.165, 1.54) is 24.0 Å². The highest BCUT2D eigenvalue weighted by Crippen LogP contribution is 2.41. The van der Waals surface area contributed by atoms with Crippen LogP contribution in [0, 0.1) is 32.4 Å². The zero-order valence-electron chi connectivity index (χ0n) is 19.3. The van der Waals surface area contributed by atoms with E-state index in [4.69, 9.17) is 21.4 Å². The lowest BCUT2D eigenvalue weighted by molar-refractivity contribution is 0.0981. The third kappa shape index (κ3) is 4.68. The Hall–Kier alpha value is -3.08. The molecule has 0 spiro atoms. The molecule has 1 aliphatic heterocycles. The summed E-state index contributed by atoms with van der Waals surface area (Å²) in [5.74, 6) is -1.88. The summed E-state index contributed by atoms with van der Waals surface area (Å²) in [5.41, 5.74) is 1.09. The summed E-state index contributed by atoms with van der Waals surface area (Å²) in [6.07, 6.45) is 0. The first-order valence-corrected chi connectivity index (χ1v) is 12.5. The average Bonchev–Trinajstić information content (AvgIpc) is 2.79. The van der Waals surface area contributed by atoms with Crippen LogP contribution in [0.25, 0.3) is 0 Å². The molecule has 9 nitrogen and oxygen atoms in total. The standard InChI is InChI=1S/C23H21ClF2N3O6P/c1-12-4-5-18(13(2)22(12)26)27-10-28(23(31)15-8-17(25)16(24)9-20(15)27)19-6-7-21(30)29(14(19)3)11-35-36(32,33)34/h4-9H,10-11H2,1-3H3,(H2,32,33,34). The van der Waals surface area contributed by atoms with Crippen molar-refractivity contribution in [2.75, 3.05) is 16.5 Å². The first-order chi connectivity index (χ1) is 16.8.